The van der Waals surface area contributed by atoms with E-state index in [-0.39, 0.29) is 23.6 Å². The molecule has 1 amide bonds. The highest BCUT2D eigenvalue weighted by Crippen LogP contribution is 2.48. The number of ether oxygens (including phenoxy) is 2. The first-order valence-corrected chi connectivity index (χ1v) is 10.7. The van der Waals surface area contributed by atoms with Crippen LogP contribution in [0.5, 0.6) is 11.5 Å². The Hall–Kier alpha value is -3.71. The number of carbonyl (C=O) groups excluding carboxylic acids is 1. The number of rotatable bonds is 5. The number of hydrogen-bond acceptors (Lipinski definition) is 4. The number of anilines is 1. The quantitative estimate of drug-likeness (QED) is 0.552. The van der Waals surface area contributed by atoms with Crippen molar-refractivity contribution in [3.8, 4) is 11.5 Å². The fourth-order valence-electron chi connectivity index (χ4n) is 4.11. The van der Waals surface area contributed by atoms with Gasteiger partial charge in [0.15, 0.2) is 11.5 Å². The molecule has 0 bridgehead atoms. The van der Waals surface area contributed by atoms with Crippen LogP contribution in [0.15, 0.2) is 60.7 Å². The summed E-state index contributed by atoms with van der Waals surface area (Å²) in [6.07, 6.45) is -0.271. The molecule has 2 aliphatic heterocycles. The number of nitrogens with one attached hydrogen (secondary N) is 2. The molecule has 2 N–H and O–H groups in total. The third-order valence-corrected chi connectivity index (χ3v) is 5.82. The number of carbonyl (C=O) groups is 1. The Kier molecular flexibility index (Phi) is 5.56. The van der Waals surface area contributed by atoms with Crippen molar-refractivity contribution in [2.24, 2.45) is 0 Å². The van der Waals surface area contributed by atoms with Crippen LogP contribution in [0.2, 0.25) is 0 Å². The zero-order valence-electron chi connectivity index (χ0n) is 18.0. The Labute approximate surface area is 190 Å². The maximum atomic E-state index is 13.4. The van der Waals surface area contributed by atoms with Crippen LogP contribution in [0.4, 0.5) is 14.5 Å². The van der Waals surface area contributed by atoms with Crippen LogP contribution < -0.4 is 20.1 Å². The maximum Gasteiger partial charge on any atom is 0.256 e. The molecular formula is C26H22F2N2O3. The normalized spacial score (nSPS) is 18.0. The molecule has 33 heavy (non-hydrogen) atoms. The largest absolute Gasteiger partial charge is 0.486 e. The van der Waals surface area contributed by atoms with Crippen molar-refractivity contribution in [2.75, 3.05) is 18.5 Å². The van der Waals surface area contributed by atoms with Gasteiger partial charge < -0.3 is 20.1 Å². The summed E-state index contributed by atoms with van der Waals surface area (Å²) in [5.41, 5.74) is 4.23. The molecule has 1 unspecified atom stereocenters. The van der Waals surface area contributed by atoms with Gasteiger partial charge >= 0.3 is 0 Å². The number of fused-ring (bicyclic) bond motifs is 3. The van der Waals surface area contributed by atoms with Crippen molar-refractivity contribution >= 4 is 22.7 Å². The molecule has 5 rings (SSSR count). The Morgan fingerprint density at radius 1 is 1.03 bits per heavy atom. The van der Waals surface area contributed by atoms with Crippen LogP contribution >= 0.6 is 0 Å². The van der Waals surface area contributed by atoms with Gasteiger partial charge in [0.1, 0.15) is 24.3 Å². The van der Waals surface area contributed by atoms with Gasteiger partial charge in [-0.2, -0.15) is 0 Å². The van der Waals surface area contributed by atoms with Gasteiger partial charge in [-0.3, -0.25) is 4.79 Å². The van der Waals surface area contributed by atoms with Crippen LogP contribution in [-0.2, 0) is 11.3 Å². The van der Waals surface area contributed by atoms with Crippen LogP contribution in [-0.4, -0.2) is 25.2 Å². The molecule has 0 aromatic heterocycles. The highest BCUT2D eigenvalue weighted by Gasteiger charge is 2.35. The average Bonchev–Trinajstić information content (AvgIpc) is 3.16. The summed E-state index contributed by atoms with van der Waals surface area (Å²) in [5.74, 6) is 0.251. The van der Waals surface area contributed by atoms with Crippen molar-refractivity contribution in [1.82, 2.24) is 5.32 Å². The molecule has 2 aliphatic rings. The van der Waals surface area contributed by atoms with Gasteiger partial charge in [-0.25, -0.2) is 8.78 Å². The minimum absolute atomic E-state index is 0.236. The Morgan fingerprint density at radius 3 is 2.45 bits per heavy atom. The minimum atomic E-state index is -0.335. The van der Waals surface area contributed by atoms with E-state index in [2.05, 4.69) is 10.6 Å². The molecule has 0 saturated heterocycles. The second-order valence-electron chi connectivity index (χ2n) is 8.08. The third-order valence-electron chi connectivity index (χ3n) is 5.82. The lowest BCUT2D eigenvalue weighted by molar-refractivity contribution is -0.110. The number of halogens is 2. The van der Waals surface area contributed by atoms with Crippen molar-refractivity contribution in [1.29, 1.82) is 0 Å². The lowest BCUT2D eigenvalue weighted by Gasteiger charge is -2.28. The third kappa shape index (κ3) is 4.19. The monoisotopic (exact) mass is 448 g/mol. The van der Waals surface area contributed by atoms with E-state index in [0.29, 0.717) is 48.0 Å². The Morgan fingerprint density at radius 2 is 1.73 bits per heavy atom. The molecule has 2 heterocycles. The van der Waals surface area contributed by atoms with E-state index in [1.807, 2.05) is 6.92 Å². The molecule has 0 fully saturated rings. The Bertz CT molecular complexity index is 1240. The Balaban J connectivity index is 1.39. The fraction of sp³-hybridized carbons (Fsp3) is 0.192. The number of benzene rings is 3. The van der Waals surface area contributed by atoms with Gasteiger partial charge in [-0.05, 0) is 60.0 Å². The van der Waals surface area contributed by atoms with Crippen molar-refractivity contribution in [2.45, 2.75) is 19.6 Å². The number of allylic oxidation sites excluding steroid dienone is 1. The number of hydrogen-bond donors (Lipinski definition) is 2. The van der Waals surface area contributed by atoms with E-state index in [4.69, 9.17) is 9.47 Å². The van der Waals surface area contributed by atoms with Crippen molar-refractivity contribution in [3.63, 3.8) is 0 Å². The lowest BCUT2D eigenvalue weighted by Crippen LogP contribution is -2.38. The summed E-state index contributed by atoms with van der Waals surface area (Å²) < 4.78 is 38.7. The highest BCUT2D eigenvalue weighted by atomic mass is 19.1. The van der Waals surface area contributed by atoms with E-state index < -0.39 is 0 Å². The molecule has 5 nitrogen and oxygen atoms in total. The van der Waals surface area contributed by atoms with Crippen molar-refractivity contribution < 1.29 is 23.0 Å². The standard InChI is InChI=1S/C26H22F2N2O3/c1-15(17-4-8-19(28)9-5-17)23-24-21(30-26(23)31)10-11-22-25(24)33-20(14-32-22)13-29-12-16-2-6-18(27)7-3-16/h2-11,20,29H,12-14H2,1H3,(H,30,31). The molecule has 3 aromatic carbocycles. The predicted octanol–water partition coefficient (Wildman–Crippen LogP) is 4.78. The topological polar surface area (TPSA) is 59.6 Å². The van der Waals surface area contributed by atoms with Crippen LogP contribution in [0.3, 0.4) is 0 Å². The van der Waals surface area contributed by atoms with E-state index in [1.165, 1.54) is 24.3 Å². The van der Waals surface area contributed by atoms with E-state index >= 15 is 0 Å². The SMILES string of the molecule is CC(=C1C(=O)Nc2ccc3c(c21)OC(CNCc1ccc(F)cc1)CO3)c1ccc(F)cc1. The van der Waals surface area contributed by atoms with Gasteiger partial charge in [0.05, 0.1) is 16.8 Å². The number of amides is 1. The summed E-state index contributed by atoms with van der Waals surface area (Å²) in [7, 11) is 0. The van der Waals surface area contributed by atoms with Crippen LogP contribution in [0.25, 0.3) is 11.1 Å². The molecular weight excluding hydrogens is 426 g/mol. The molecule has 1 atom stereocenters. The molecule has 0 aliphatic carbocycles. The summed E-state index contributed by atoms with van der Waals surface area (Å²) in [4.78, 5) is 12.9. The van der Waals surface area contributed by atoms with Gasteiger partial charge in [0.2, 0.25) is 0 Å². The molecule has 0 spiro atoms. The smallest absolute Gasteiger partial charge is 0.256 e. The molecule has 0 saturated carbocycles. The van der Waals surface area contributed by atoms with Gasteiger partial charge in [-0.15, -0.1) is 0 Å². The first-order valence-electron chi connectivity index (χ1n) is 10.7. The first kappa shape index (κ1) is 21.2. The van der Waals surface area contributed by atoms with E-state index in [9.17, 15) is 13.6 Å². The van der Waals surface area contributed by atoms with Crippen LogP contribution in [0.1, 0.15) is 23.6 Å². The summed E-state index contributed by atoms with van der Waals surface area (Å²) >= 11 is 0. The molecule has 0 radical (unpaired) electrons. The molecule has 3 aromatic rings. The van der Waals surface area contributed by atoms with E-state index in [0.717, 1.165) is 16.7 Å². The van der Waals surface area contributed by atoms with Gasteiger partial charge in [-0.1, -0.05) is 24.3 Å². The second-order valence-corrected chi connectivity index (χ2v) is 8.08. The average molecular weight is 448 g/mol. The first-order chi connectivity index (χ1) is 16.0. The molecule has 168 valence electrons. The second kappa shape index (κ2) is 8.67. The van der Waals surface area contributed by atoms with E-state index in [1.54, 1.807) is 36.4 Å². The summed E-state index contributed by atoms with van der Waals surface area (Å²) in [6, 6.07) is 15.9. The zero-order valence-corrected chi connectivity index (χ0v) is 18.0. The zero-order chi connectivity index (χ0) is 22.9. The van der Waals surface area contributed by atoms with Crippen LogP contribution in [0, 0.1) is 11.6 Å². The fourth-order valence-corrected chi connectivity index (χ4v) is 4.11. The van der Waals surface area contributed by atoms with Gasteiger partial charge in [0, 0.05) is 13.1 Å². The molecule has 7 heteroatoms. The lowest BCUT2D eigenvalue weighted by atomic mass is 9.95. The predicted molar refractivity (Wildman–Crippen MR) is 122 cm³/mol. The van der Waals surface area contributed by atoms with Crippen molar-refractivity contribution in [3.05, 3.63) is 89.0 Å². The maximum absolute atomic E-state index is 13.4. The van der Waals surface area contributed by atoms with Gasteiger partial charge in [0.25, 0.3) is 5.91 Å². The summed E-state index contributed by atoms with van der Waals surface area (Å²) in [6.45, 7) is 3.27. The minimum Gasteiger partial charge on any atom is -0.486 e. The summed E-state index contributed by atoms with van der Waals surface area (Å²) in [5, 5.41) is 6.20. The highest BCUT2D eigenvalue weighted by molar-refractivity contribution is 6.37.